The molecule has 0 saturated carbocycles. The number of carbonyl (C=O) groups is 1. The number of benzene rings is 2. The lowest BCUT2D eigenvalue weighted by atomic mass is 10.1. The van der Waals surface area contributed by atoms with Crippen molar-refractivity contribution < 1.29 is 29.1 Å². The Morgan fingerprint density at radius 3 is 2.27 bits per heavy atom. The molecule has 2 aromatic carbocycles. The molecule has 0 aliphatic carbocycles. The van der Waals surface area contributed by atoms with Crippen molar-refractivity contribution in [2.24, 2.45) is 0 Å². The Bertz CT molecular complexity index is 702. The van der Waals surface area contributed by atoms with Gasteiger partial charge in [-0.05, 0) is 44.5 Å². The van der Waals surface area contributed by atoms with Crippen molar-refractivity contribution in [3.8, 4) is 5.75 Å². The molecule has 0 fully saturated rings. The monoisotopic (exact) mass is 366 g/mol. The largest absolute Gasteiger partial charge is 0.872 e. The second kappa shape index (κ2) is 11.0. The van der Waals surface area contributed by atoms with Gasteiger partial charge in [0.25, 0.3) is 0 Å². The maximum absolute atomic E-state index is 13.4. The topological polar surface area (TPSA) is 89.0 Å². The quantitative estimate of drug-likeness (QED) is 0.699. The Morgan fingerprint density at radius 1 is 1.15 bits per heavy atom. The highest BCUT2D eigenvalue weighted by Gasteiger charge is 2.08. The van der Waals surface area contributed by atoms with Crippen LogP contribution in [0.4, 0.5) is 14.5 Å². The summed E-state index contributed by atoms with van der Waals surface area (Å²) in [5.41, 5.74) is 0.0183. The van der Waals surface area contributed by atoms with Crippen LogP contribution < -0.4 is 15.7 Å². The summed E-state index contributed by atoms with van der Waals surface area (Å²) in [4.78, 5) is 10.8. The van der Waals surface area contributed by atoms with Crippen molar-refractivity contribution in [1.82, 2.24) is 0 Å². The van der Waals surface area contributed by atoms with Crippen LogP contribution in [0.25, 0.3) is 0 Å². The van der Waals surface area contributed by atoms with Gasteiger partial charge in [0.05, 0.1) is 18.7 Å². The fourth-order valence-corrected chi connectivity index (χ4v) is 2.20. The number of carboxylic acids is 1. The summed E-state index contributed by atoms with van der Waals surface area (Å²) in [6, 6.07) is 7.39. The van der Waals surface area contributed by atoms with Gasteiger partial charge in [0.15, 0.2) is 0 Å². The van der Waals surface area contributed by atoms with Crippen molar-refractivity contribution in [1.29, 1.82) is 0 Å². The molecule has 0 aliphatic heterocycles. The number of aromatic carboxylic acids is 1. The van der Waals surface area contributed by atoms with E-state index in [9.17, 15) is 18.7 Å². The standard InChI is InChI=1S/C15H13F2NO3.C4H11N/c16-12-2-1-3-13(17)10(12)6-7-18-9-4-5-14(19)11(8-9)15(20)21;1-3-5-4-2/h1-5,8,18-19H,6-7H2,(H,20,21);5H,3-4H2,1-2H3. The molecule has 0 atom stereocenters. The van der Waals surface area contributed by atoms with E-state index >= 15 is 0 Å². The van der Waals surface area contributed by atoms with Crippen LogP contribution in [0.2, 0.25) is 0 Å². The first-order valence-corrected chi connectivity index (χ1v) is 8.43. The van der Waals surface area contributed by atoms with Gasteiger partial charge in [-0.1, -0.05) is 17.9 Å². The van der Waals surface area contributed by atoms with E-state index in [4.69, 9.17) is 5.11 Å². The zero-order valence-electron chi connectivity index (χ0n) is 14.9. The Morgan fingerprint density at radius 2 is 1.77 bits per heavy atom. The summed E-state index contributed by atoms with van der Waals surface area (Å²) in [7, 11) is 0. The lowest BCUT2D eigenvalue weighted by Gasteiger charge is -2.13. The molecule has 7 heteroatoms. The molecule has 0 spiro atoms. The van der Waals surface area contributed by atoms with Gasteiger partial charge in [-0.3, -0.25) is 0 Å². The van der Waals surface area contributed by atoms with Crippen molar-refractivity contribution >= 4 is 11.7 Å². The number of quaternary nitrogens is 1. The number of carboxylic acid groups (broad SMARTS) is 1. The molecule has 4 N–H and O–H groups in total. The van der Waals surface area contributed by atoms with E-state index in [0.717, 1.165) is 6.07 Å². The average molecular weight is 366 g/mol. The molecule has 0 radical (unpaired) electrons. The first-order valence-electron chi connectivity index (χ1n) is 8.43. The Hall–Kier alpha value is -2.67. The third-order valence-corrected chi connectivity index (χ3v) is 3.55. The number of nitrogens with two attached hydrogens (primary N) is 1. The molecule has 0 aliphatic rings. The van der Waals surface area contributed by atoms with E-state index in [1.54, 1.807) is 0 Å². The summed E-state index contributed by atoms with van der Waals surface area (Å²) >= 11 is 0. The number of rotatable bonds is 7. The zero-order valence-corrected chi connectivity index (χ0v) is 14.9. The zero-order chi connectivity index (χ0) is 19.5. The second-order valence-electron chi connectivity index (χ2n) is 5.50. The third-order valence-electron chi connectivity index (χ3n) is 3.55. The van der Waals surface area contributed by atoms with Crippen LogP contribution in [0.3, 0.4) is 0 Å². The third kappa shape index (κ3) is 6.68. The van der Waals surface area contributed by atoms with E-state index in [1.165, 1.54) is 43.4 Å². The molecule has 0 saturated heterocycles. The van der Waals surface area contributed by atoms with E-state index < -0.39 is 23.4 Å². The minimum Gasteiger partial charge on any atom is -0.872 e. The lowest BCUT2D eigenvalue weighted by Crippen LogP contribution is -2.82. The molecule has 0 bridgehead atoms. The second-order valence-corrected chi connectivity index (χ2v) is 5.50. The summed E-state index contributed by atoms with van der Waals surface area (Å²) in [6.45, 7) is 6.95. The molecule has 142 valence electrons. The smallest absolute Gasteiger partial charge is 0.335 e. The van der Waals surface area contributed by atoms with Gasteiger partial charge >= 0.3 is 5.97 Å². The molecule has 0 amide bonds. The number of halogens is 2. The highest BCUT2D eigenvalue weighted by molar-refractivity contribution is 5.91. The van der Waals surface area contributed by atoms with E-state index in [1.807, 2.05) is 0 Å². The number of anilines is 1. The van der Waals surface area contributed by atoms with Crippen LogP contribution in [0, 0.1) is 11.6 Å². The van der Waals surface area contributed by atoms with Gasteiger partial charge in [0.2, 0.25) is 0 Å². The first-order chi connectivity index (χ1) is 12.4. The van der Waals surface area contributed by atoms with E-state index in [0.29, 0.717) is 5.69 Å². The van der Waals surface area contributed by atoms with Gasteiger partial charge < -0.3 is 20.8 Å². The first kappa shape index (κ1) is 21.4. The van der Waals surface area contributed by atoms with Gasteiger partial charge in [-0.2, -0.15) is 0 Å². The van der Waals surface area contributed by atoms with Crippen molar-refractivity contribution in [2.45, 2.75) is 20.3 Å². The fraction of sp³-hybridized carbons (Fsp3) is 0.316. The maximum atomic E-state index is 13.4. The maximum Gasteiger partial charge on any atom is 0.335 e. The summed E-state index contributed by atoms with van der Waals surface area (Å²) < 4.78 is 26.8. The van der Waals surface area contributed by atoms with Crippen LogP contribution >= 0.6 is 0 Å². The lowest BCUT2D eigenvalue weighted by molar-refractivity contribution is -0.648. The molecule has 2 rings (SSSR count). The fourth-order valence-electron chi connectivity index (χ4n) is 2.20. The van der Waals surface area contributed by atoms with Gasteiger partial charge in [-0.25, -0.2) is 13.6 Å². The molecular formula is C19H24F2N2O3. The number of nitrogens with one attached hydrogen (secondary N) is 1. The number of hydrogen-bond acceptors (Lipinski definition) is 3. The Balaban J connectivity index is 0.000000597. The van der Waals surface area contributed by atoms with Crippen LogP contribution in [-0.2, 0) is 6.42 Å². The Kier molecular flexibility index (Phi) is 9.08. The average Bonchev–Trinajstić information content (AvgIpc) is 2.60. The summed E-state index contributed by atoms with van der Waals surface area (Å²) in [5.74, 6) is -3.16. The highest BCUT2D eigenvalue weighted by Crippen LogP contribution is 2.19. The van der Waals surface area contributed by atoms with Crippen LogP contribution in [0.15, 0.2) is 36.4 Å². The normalized spacial score (nSPS) is 10.0. The SMILES string of the molecule is CC[NH2+]CC.O=C(O)c1cc(NCCc2c(F)cccc2F)ccc1[O-]. The molecule has 5 nitrogen and oxygen atoms in total. The highest BCUT2D eigenvalue weighted by atomic mass is 19.1. The summed E-state index contributed by atoms with van der Waals surface area (Å²) in [5, 5.41) is 25.2. The molecule has 2 aromatic rings. The Labute approximate surface area is 151 Å². The molecule has 0 heterocycles. The number of hydrogen-bond donors (Lipinski definition) is 3. The minimum atomic E-state index is -1.32. The molecule has 0 unspecified atom stereocenters. The van der Waals surface area contributed by atoms with Gasteiger partial charge in [0, 0.05) is 17.8 Å². The van der Waals surface area contributed by atoms with Gasteiger partial charge in [-0.15, -0.1) is 0 Å². The molecule has 26 heavy (non-hydrogen) atoms. The predicted octanol–water partition coefficient (Wildman–Crippen LogP) is 1.98. The van der Waals surface area contributed by atoms with Crippen LogP contribution in [0.5, 0.6) is 5.75 Å². The van der Waals surface area contributed by atoms with Crippen LogP contribution in [0.1, 0.15) is 29.8 Å². The van der Waals surface area contributed by atoms with Crippen molar-refractivity contribution in [3.05, 3.63) is 59.2 Å². The minimum absolute atomic E-state index is 0.0381. The van der Waals surface area contributed by atoms with E-state index in [2.05, 4.69) is 24.5 Å². The predicted molar refractivity (Wildman–Crippen MR) is 94.4 cm³/mol. The van der Waals surface area contributed by atoms with Crippen molar-refractivity contribution in [3.63, 3.8) is 0 Å². The van der Waals surface area contributed by atoms with Crippen LogP contribution in [-0.4, -0.2) is 30.7 Å². The molecule has 0 aromatic heterocycles. The molecular weight excluding hydrogens is 342 g/mol. The van der Waals surface area contributed by atoms with Crippen molar-refractivity contribution in [2.75, 3.05) is 25.0 Å². The summed E-state index contributed by atoms with van der Waals surface area (Å²) in [6.07, 6.45) is 0.0973. The van der Waals surface area contributed by atoms with E-state index in [-0.39, 0.29) is 24.1 Å². The van der Waals surface area contributed by atoms with Gasteiger partial charge in [0.1, 0.15) is 11.6 Å².